The molecule has 10 nitrogen and oxygen atoms in total. The molecule has 0 bridgehead atoms. The first kappa shape index (κ1) is 26.5. The predicted molar refractivity (Wildman–Crippen MR) is 137 cm³/mol. The third-order valence-electron chi connectivity index (χ3n) is 7.56. The second-order valence-electron chi connectivity index (χ2n) is 10.1. The van der Waals surface area contributed by atoms with Crippen LogP contribution >= 0.6 is 0 Å². The Morgan fingerprint density at radius 3 is 2.36 bits per heavy atom. The normalized spacial score (nSPS) is 19.9. The van der Waals surface area contributed by atoms with Gasteiger partial charge in [-0.15, -0.1) is 0 Å². The van der Waals surface area contributed by atoms with E-state index in [1.807, 2.05) is 47.2 Å². The van der Waals surface area contributed by atoms with Gasteiger partial charge in [0.25, 0.3) is 11.8 Å². The van der Waals surface area contributed by atoms with Gasteiger partial charge in [-0.1, -0.05) is 30.3 Å². The molecule has 5 rings (SSSR count). The van der Waals surface area contributed by atoms with Crippen LogP contribution in [0.2, 0.25) is 0 Å². The second-order valence-corrected chi connectivity index (χ2v) is 10.1. The van der Waals surface area contributed by atoms with E-state index in [1.165, 1.54) is 6.07 Å². The Hall–Kier alpha value is -4.12. The SMILES string of the molecule is CN(CC(=O)OCc1ccccc1)C1CCN(c2cc3c(cc2F)C(=O)N(C2CCC(=O)NC2=O)C3=O)CC1. The number of nitrogens with zero attached hydrogens (tertiary/aromatic N) is 3. The molecule has 4 amide bonds. The molecule has 1 atom stereocenters. The molecule has 0 saturated carbocycles. The molecule has 39 heavy (non-hydrogen) atoms. The number of esters is 1. The minimum absolute atomic E-state index is 0.0115. The van der Waals surface area contributed by atoms with E-state index in [1.54, 1.807) is 0 Å². The second kappa shape index (κ2) is 10.9. The highest BCUT2D eigenvalue weighted by molar-refractivity contribution is 6.23. The van der Waals surface area contributed by atoms with Gasteiger partial charge in [-0.05, 0) is 44.0 Å². The van der Waals surface area contributed by atoms with Crippen molar-refractivity contribution in [2.75, 3.05) is 31.6 Å². The fraction of sp³-hybridized carbons (Fsp3) is 0.393. The zero-order valence-corrected chi connectivity index (χ0v) is 21.5. The van der Waals surface area contributed by atoms with Gasteiger partial charge in [-0.3, -0.25) is 39.1 Å². The van der Waals surface area contributed by atoms with Crippen LogP contribution in [-0.2, 0) is 25.7 Å². The third-order valence-corrected chi connectivity index (χ3v) is 7.56. The van der Waals surface area contributed by atoms with Crippen molar-refractivity contribution in [2.24, 2.45) is 0 Å². The lowest BCUT2D eigenvalue weighted by Crippen LogP contribution is -2.54. The lowest BCUT2D eigenvalue weighted by molar-refractivity contribution is -0.146. The zero-order valence-electron chi connectivity index (χ0n) is 21.5. The molecule has 0 spiro atoms. The van der Waals surface area contributed by atoms with E-state index in [-0.39, 0.29) is 54.8 Å². The smallest absolute Gasteiger partial charge is 0.320 e. The van der Waals surface area contributed by atoms with Crippen molar-refractivity contribution in [3.63, 3.8) is 0 Å². The molecule has 2 saturated heterocycles. The van der Waals surface area contributed by atoms with Gasteiger partial charge in [0.15, 0.2) is 0 Å². The summed E-state index contributed by atoms with van der Waals surface area (Å²) in [6.45, 7) is 1.33. The van der Waals surface area contributed by atoms with E-state index < -0.39 is 35.5 Å². The fourth-order valence-corrected chi connectivity index (χ4v) is 5.39. The van der Waals surface area contributed by atoms with Gasteiger partial charge in [0, 0.05) is 25.6 Å². The van der Waals surface area contributed by atoms with Crippen LogP contribution in [-0.4, -0.2) is 78.2 Å². The van der Waals surface area contributed by atoms with Gasteiger partial charge >= 0.3 is 5.97 Å². The molecule has 3 aliphatic heterocycles. The van der Waals surface area contributed by atoms with Crippen molar-refractivity contribution in [1.82, 2.24) is 15.1 Å². The number of halogens is 1. The van der Waals surface area contributed by atoms with Crippen LogP contribution in [0.15, 0.2) is 42.5 Å². The quantitative estimate of drug-likeness (QED) is 0.421. The van der Waals surface area contributed by atoms with Crippen molar-refractivity contribution in [2.45, 2.75) is 44.4 Å². The number of carbonyl (C=O) groups excluding carboxylic acids is 5. The molecule has 3 heterocycles. The maximum Gasteiger partial charge on any atom is 0.320 e. The Kier molecular flexibility index (Phi) is 7.42. The van der Waals surface area contributed by atoms with Crippen LogP contribution in [0.4, 0.5) is 10.1 Å². The number of nitrogens with one attached hydrogen (secondary N) is 1. The van der Waals surface area contributed by atoms with Gasteiger partial charge in [0.2, 0.25) is 11.8 Å². The molecule has 2 aromatic carbocycles. The average molecular weight is 537 g/mol. The molecular weight excluding hydrogens is 507 g/mol. The lowest BCUT2D eigenvalue weighted by atomic mass is 10.0. The molecule has 2 fully saturated rings. The van der Waals surface area contributed by atoms with Crippen LogP contribution in [0.5, 0.6) is 0 Å². The minimum atomic E-state index is -1.10. The van der Waals surface area contributed by atoms with Crippen molar-refractivity contribution in [1.29, 1.82) is 0 Å². The first-order valence-electron chi connectivity index (χ1n) is 12.9. The molecule has 1 N–H and O–H groups in total. The van der Waals surface area contributed by atoms with Crippen molar-refractivity contribution in [3.05, 3.63) is 65.0 Å². The van der Waals surface area contributed by atoms with E-state index in [2.05, 4.69) is 5.32 Å². The molecule has 204 valence electrons. The van der Waals surface area contributed by atoms with Crippen molar-refractivity contribution >= 4 is 35.3 Å². The summed E-state index contributed by atoms with van der Waals surface area (Å²) < 4.78 is 20.5. The number of hydrogen-bond acceptors (Lipinski definition) is 8. The Morgan fingerprint density at radius 2 is 1.69 bits per heavy atom. The highest BCUT2D eigenvalue weighted by Crippen LogP contribution is 2.34. The summed E-state index contributed by atoms with van der Waals surface area (Å²) in [5.74, 6) is -3.53. The van der Waals surface area contributed by atoms with E-state index in [0.717, 1.165) is 16.5 Å². The Morgan fingerprint density at radius 1 is 1.03 bits per heavy atom. The van der Waals surface area contributed by atoms with Gasteiger partial charge in [-0.25, -0.2) is 4.39 Å². The number of carbonyl (C=O) groups is 5. The minimum Gasteiger partial charge on any atom is -0.460 e. The van der Waals surface area contributed by atoms with Crippen LogP contribution in [0.3, 0.4) is 0 Å². The summed E-state index contributed by atoms with van der Waals surface area (Å²) in [6.07, 6.45) is 1.37. The van der Waals surface area contributed by atoms with Crippen LogP contribution < -0.4 is 10.2 Å². The molecule has 0 aliphatic carbocycles. The number of amides is 4. The number of anilines is 1. The Balaban J connectivity index is 1.20. The number of rotatable bonds is 7. The van der Waals surface area contributed by atoms with Crippen molar-refractivity contribution < 1.29 is 33.1 Å². The highest BCUT2D eigenvalue weighted by Gasteiger charge is 2.45. The Bertz CT molecular complexity index is 1320. The van der Waals surface area contributed by atoms with Crippen LogP contribution in [0, 0.1) is 5.82 Å². The first-order chi connectivity index (χ1) is 18.7. The third kappa shape index (κ3) is 5.40. The molecule has 1 unspecified atom stereocenters. The molecule has 2 aromatic rings. The number of hydrogen-bond donors (Lipinski definition) is 1. The molecule has 11 heteroatoms. The number of fused-ring (bicyclic) bond motifs is 1. The number of benzene rings is 2. The maximum atomic E-state index is 15.2. The topological polar surface area (TPSA) is 116 Å². The standard InChI is InChI=1S/C28H29FN4O6/c1-31(15-25(35)39-16-17-5-3-2-4-6-17)18-9-11-32(12-10-18)23-14-20-19(13-21(23)29)27(37)33(28(20)38)22-7-8-24(34)30-26(22)36/h2-6,13-14,18,22H,7-12,15-16H2,1H3,(H,30,34,36). The maximum absolute atomic E-state index is 15.2. The Labute approximate surface area is 224 Å². The van der Waals surface area contributed by atoms with E-state index >= 15 is 4.39 Å². The van der Waals surface area contributed by atoms with Crippen LogP contribution in [0.25, 0.3) is 0 Å². The first-order valence-corrected chi connectivity index (χ1v) is 12.9. The van der Waals surface area contributed by atoms with Crippen molar-refractivity contribution in [3.8, 4) is 0 Å². The highest BCUT2D eigenvalue weighted by atomic mass is 19.1. The largest absolute Gasteiger partial charge is 0.460 e. The number of piperidine rings is 2. The van der Waals surface area contributed by atoms with Gasteiger partial charge < -0.3 is 9.64 Å². The van der Waals surface area contributed by atoms with Gasteiger partial charge in [0.1, 0.15) is 18.5 Å². The average Bonchev–Trinajstić information content (AvgIpc) is 3.16. The monoisotopic (exact) mass is 536 g/mol. The molecule has 3 aliphatic rings. The number of ether oxygens (including phenoxy) is 1. The lowest BCUT2D eigenvalue weighted by Gasteiger charge is -2.37. The fourth-order valence-electron chi connectivity index (χ4n) is 5.39. The van der Waals surface area contributed by atoms with E-state index in [9.17, 15) is 24.0 Å². The van der Waals surface area contributed by atoms with Gasteiger partial charge in [0.05, 0.1) is 23.4 Å². The summed E-state index contributed by atoms with van der Waals surface area (Å²) in [7, 11) is 1.86. The summed E-state index contributed by atoms with van der Waals surface area (Å²) in [4.78, 5) is 66.7. The summed E-state index contributed by atoms with van der Waals surface area (Å²) in [5.41, 5.74) is 1.08. The molecular formula is C28H29FN4O6. The summed E-state index contributed by atoms with van der Waals surface area (Å²) >= 11 is 0. The zero-order chi connectivity index (χ0) is 27.7. The molecule has 0 radical (unpaired) electrons. The van der Waals surface area contributed by atoms with E-state index in [4.69, 9.17) is 4.74 Å². The summed E-state index contributed by atoms with van der Waals surface area (Å²) in [5, 5.41) is 2.15. The molecule has 0 aromatic heterocycles. The number of imide groups is 2. The van der Waals surface area contributed by atoms with E-state index in [0.29, 0.717) is 25.9 Å². The van der Waals surface area contributed by atoms with Gasteiger partial charge in [-0.2, -0.15) is 0 Å². The number of likely N-dealkylation sites (N-methyl/N-ethyl adjacent to an activating group) is 1. The van der Waals surface area contributed by atoms with Crippen LogP contribution in [0.1, 0.15) is 52.0 Å². The predicted octanol–water partition coefficient (Wildman–Crippen LogP) is 1.87. The summed E-state index contributed by atoms with van der Waals surface area (Å²) in [6, 6.07) is 10.9.